The van der Waals surface area contributed by atoms with E-state index in [4.69, 9.17) is 5.11 Å². The first kappa shape index (κ1) is 15.5. The van der Waals surface area contributed by atoms with Crippen LogP contribution in [0.3, 0.4) is 0 Å². The van der Waals surface area contributed by atoms with E-state index in [0.717, 1.165) is 18.8 Å². The summed E-state index contributed by atoms with van der Waals surface area (Å²) in [5.74, 6) is 0.405. The molecule has 0 aromatic heterocycles. The number of carboxylic acid groups (broad SMARTS) is 1. The van der Waals surface area contributed by atoms with Crippen LogP contribution >= 0.6 is 0 Å². The molecule has 2 nitrogen and oxygen atoms in total. The lowest BCUT2D eigenvalue weighted by molar-refractivity contribution is -0.137. The number of carboxylic acids is 1. The fraction of sp³-hybridized carbons (Fsp3) is 0.938. The van der Waals surface area contributed by atoms with Gasteiger partial charge in [0, 0.05) is 6.42 Å². The molecule has 0 radical (unpaired) electrons. The first-order valence-corrected chi connectivity index (χ1v) is 8.01. The summed E-state index contributed by atoms with van der Waals surface area (Å²) in [6.07, 6.45) is 17.8. The molecule has 1 rings (SSSR count). The van der Waals surface area contributed by atoms with Gasteiger partial charge in [-0.05, 0) is 12.3 Å². The van der Waals surface area contributed by atoms with Gasteiger partial charge in [0.25, 0.3) is 0 Å². The minimum atomic E-state index is -0.651. The van der Waals surface area contributed by atoms with Crippen molar-refractivity contribution in [1.29, 1.82) is 0 Å². The van der Waals surface area contributed by atoms with Crippen LogP contribution in [0.4, 0.5) is 0 Å². The molecule has 0 saturated heterocycles. The van der Waals surface area contributed by atoms with Crippen molar-refractivity contribution in [3.63, 3.8) is 0 Å². The van der Waals surface area contributed by atoms with Crippen LogP contribution in [0.1, 0.15) is 89.9 Å². The Labute approximate surface area is 112 Å². The molecule has 1 fully saturated rings. The van der Waals surface area contributed by atoms with E-state index in [1.807, 2.05) is 0 Å². The van der Waals surface area contributed by atoms with Crippen molar-refractivity contribution in [1.82, 2.24) is 0 Å². The van der Waals surface area contributed by atoms with Crippen LogP contribution in [0, 0.1) is 5.92 Å². The Kier molecular flexibility index (Phi) is 8.97. The van der Waals surface area contributed by atoms with Crippen LogP contribution in [0.25, 0.3) is 0 Å². The van der Waals surface area contributed by atoms with Gasteiger partial charge in [-0.2, -0.15) is 0 Å². The third-order valence-electron chi connectivity index (χ3n) is 4.23. The maximum Gasteiger partial charge on any atom is 0.303 e. The summed E-state index contributed by atoms with van der Waals surface area (Å²) in [6, 6.07) is 0. The number of aliphatic carboxylic acids is 1. The van der Waals surface area contributed by atoms with Gasteiger partial charge in [0.15, 0.2) is 0 Å². The molecule has 0 spiro atoms. The zero-order valence-electron chi connectivity index (χ0n) is 11.8. The molecule has 0 unspecified atom stereocenters. The zero-order chi connectivity index (χ0) is 13.1. The molecule has 106 valence electrons. The van der Waals surface area contributed by atoms with Crippen molar-refractivity contribution in [2.24, 2.45) is 5.92 Å². The second-order valence-corrected chi connectivity index (χ2v) is 5.91. The molecule has 1 aliphatic carbocycles. The topological polar surface area (TPSA) is 37.3 Å². The number of hydrogen-bond donors (Lipinski definition) is 1. The van der Waals surface area contributed by atoms with E-state index in [1.165, 1.54) is 70.6 Å². The lowest BCUT2D eigenvalue weighted by atomic mass is 9.99. The molecule has 2 heteroatoms. The van der Waals surface area contributed by atoms with E-state index in [0.29, 0.717) is 6.42 Å². The number of rotatable bonds is 11. The van der Waals surface area contributed by atoms with E-state index in [9.17, 15) is 4.79 Å². The van der Waals surface area contributed by atoms with Crippen LogP contribution in [-0.2, 0) is 4.79 Å². The smallest absolute Gasteiger partial charge is 0.303 e. The SMILES string of the molecule is O=C(O)CCCCCCCCCCC1CCCC1. The molecule has 0 amide bonds. The average molecular weight is 254 g/mol. The number of hydrogen-bond acceptors (Lipinski definition) is 1. The van der Waals surface area contributed by atoms with Crippen molar-refractivity contribution in [3.8, 4) is 0 Å². The first-order valence-electron chi connectivity index (χ1n) is 8.01. The van der Waals surface area contributed by atoms with Crippen LogP contribution in [-0.4, -0.2) is 11.1 Å². The second-order valence-electron chi connectivity index (χ2n) is 5.91. The standard InChI is InChI=1S/C16H30O2/c17-16(18)14-8-6-4-2-1-3-5-7-11-15-12-9-10-13-15/h15H,1-14H2,(H,17,18). The van der Waals surface area contributed by atoms with Crippen molar-refractivity contribution in [2.45, 2.75) is 89.9 Å². The lowest BCUT2D eigenvalue weighted by Gasteiger charge is -2.07. The molecule has 0 aromatic rings. The summed E-state index contributed by atoms with van der Waals surface area (Å²) in [5.41, 5.74) is 0. The van der Waals surface area contributed by atoms with Crippen molar-refractivity contribution < 1.29 is 9.90 Å². The van der Waals surface area contributed by atoms with Gasteiger partial charge in [-0.25, -0.2) is 0 Å². The summed E-state index contributed by atoms with van der Waals surface area (Å²) in [5, 5.41) is 8.50. The molecule has 0 aromatic carbocycles. The highest BCUT2D eigenvalue weighted by molar-refractivity contribution is 5.66. The lowest BCUT2D eigenvalue weighted by Crippen LogP contribution is -1.93. The summed E-state index contributed by atoms with van der Waals surface area (Å²) in [7, 11) is 0. The van der Waals surface area contributed by atoms with Gasteiger partial charge in [-0.3, -0.25) is 4.79 Å². The monoisotopic (exact) mass is 254 g/mol. The Morgan fingerprint density at radius 3 is 1.89 bits per heavy atom. The van der Waals surface area contributed by atoms with Crippen LogP contribution < -0.4 is 0 Å². The summed E-state index contributed by atoms with van der Waals surface area (Å²) in [6.45, 7) is 0. The second kappa shape index (κ2) is 10.4. The molecule has 0 heterocycles. The van der Waals surface area contributed by atoms with Crippen molar-refractivity contribution in [2.75, 3.05) is 0 Å². The minimum absolute atomic E-state index is 0.349. The summed E-state index contributed by atoms with van der Waals surface area (Å²) < 4.78 is 0. The molecule has 18 heavy (non-hydrogen) atoms. The summed E-state index contributed by atoms with van der Waals surface area (Å²) >= 11 is 0. The maximum absolute atomic E-state index is 10.3. The van der Waals surface area contributed by atoms with E-state index in [-0.39, 0.29) is 0 Å². The van der Waals surface area contributed by atoms with Gasteiger partial charge in [0.05, 0.1) is 0 Å². The predicted octanol–water partition coefficient (Wildman–Crippen LogP) is 5.16. The van der Waals surface area contributed by atoms with Gasteiger partial charge in [0.1, 0.15) is 0 Å². The molecule has 1 N–H and O–H groups in total. The fourth-order valence-corrected chi connectivity index (χ4v) is 3.07. The Morgan fingerprint density at radius 2 is 1.33 bits per heavy atom. The Bertz CT molecular complexity index is 207. The highest BCUT2D eigenvalue weighted by atomic mass is 16.4. The maximum atomic E-state index is 10.3. The molecular formula is C16H30O2. The van der Waals surface area contributed by atoms with Crippen molar-refractivity contribution in [3.05, 3.63) is 0 Å². The van der Waals surface area contributed by atoms with E-state index < -0.39 is 5.97 Å². The molecule has 0 aliphatic heterocycles. The van der Waals surface area contributed by atoms with E-state index >= 15 is 0 Å². The molecule has 0 atom stereocenters. The average Bonchev–Trinajstić information content (AvgIpc) is 2.84. The van der Waals surface area contributed by atoms with Gasteiger partial charge >= 0.3 is 5.97 Å². The quantitative estimate of drug-likeness (QED) is 0.517. The van der Waals surface area contributed by atoms with Gasteiger partial charge in [-0.1, -0.05) is 77.0 Å². The van der Waals surface area contributed by atoms with Crippen LogP contribution in [0.15, 0.2) is 0 Å². The molecular weight excluding hydrogens is 224 g/mol. The highest BCUT2D eigenvalue weighted by Crippen LogP contribution is 2.29. The Hall–Kier alpha value is -0.530. The number of carbonyl (C=O) groups is 1. The van der Waals surface area contributed by atoms with E-state index in [2.05, 4.69) is 0 Å². The molecule has 0 bridgehead atoms. The summed E-state index contributed by atoms with van der Waals surface area (Å²) in [4.78, 5) is 10.3. The fourth-order valence-electron chi connectivity index (χ4n) is 3.07. The largest absolute Gasteiger partial charge is 0.481 e. The predicted molar refractivity (Wildman–Crippen MR) is 75.8 cm³/mol. The van der Waals surface area contributed by atoms with Gasteiger partial charge in [0.2, 0.25) is 0 Å². The Balaban J connectivity index is 1.72. The number of unbranched alkanes of at least 4 members (excludes halogenated alkanes) is 7. The first-order chi connectivity index (χ1) is 8.79. The Morgan fingerprint density at radius 1 is 0.833 bits per heavy atom. The third-order valence-corrected chi connectivity index (χ3v) is 4.23. The van der Waals surface area contributed by atoms with Gasteiger partial charge < -0.3 is 5.11 Å². The normalized spacial score (nSPS) is 16.2. The molecule has 1 aliphatic rings. The van der Waals surface area contributed by atoms with Crippen molar-refractivity contribution >= 4 is 5.97 Å². The highest BCUT2D eigenvalue weighted by Gasteiger charge is 2.13. The third kappa shape index (κ3) is 8.54. The van der Waals surface area contributed by atoms with Crippen LogP contribution in [0.5, 0.6) is 0 Å². The van der Waals surface area contributed by atoms with Crippen LogP contribution in [0.2, 0.25) is 0 Å². The minimum Gasteiger partial charge on any atom is -0.481 e. The van der Waals surface area contributed by atoms with Gasteiger partial charge in [-0.15, -0.1) is 0 Å². The van der Waals surface area contributed by atoms with E-state index in [1.54, 1.807) is 0 Å². The zero-order valence-corrected chi connectivity index (χ0v) is 11.8. The molecule has 1 saturated carbocycles.